The van der Waals surface area contributed by atoms with Crippen LogP contribution in [0.25, 0.3) is 0 Å². The molecule has 0 aromatic rings. The Hall–Kier alpha value is -0.630. The first-order chi connectivity index (χ1) is 11.7. The van der Waals surface area contributed by atoms with Crippen LogP contribution in [0, 0.1) is 28.1 Å². The van der Waals surface area contributed by atoms with Crippen LogP contribution in [0.4, 0.5) is 0 Å². The zero-order chi connectivity index (χ0) is 18.0. The molecule has 0 aliphatic heterocycles. The Bertz CT molecular complexity index is 682. The first-order valence-corrected chi connectivity index (χ1v) is 10.9. The van der Waals surface area contributed by atoms with Crippen molar-refractivity contribution in [2.75, 3.05) is 5.75 Å². The second-order valence-corrected chi connectivity index (χ2v) is 10.6. The molecular weight excluding hydrogens is 322 g/mol. The summed E-state index contributed by atoms with van der Waals surface area (Å²) < 4.78 is 0. The van der Waals surface area contributed by atoms with Crippen molar-refractivity contribution in [2.24, 2.45) is 33.8 Å². The fourth-order valence-electron chi connectivity index (χ4n) is 6.69. The average molecular weight is 358 g/mol. The third-order valence-electron chi connectivity index (χ3n) is 8.82. The molecule has 1 saturated carbocycles. The fraction of sp³-hybridized carbons (Fsp3) is 0.739. The largest absolute Gasteiger partial charge is 0.402 e. The number of fused-ring (bicyclic) bond motifs is 5. The van der Waals surface area contributed by atoms with E-state index in [1.807, 2.05) is 0 Å². The minimum absolute atomic E-state index is 0.182. The lowest BCUT2D eigenvalue weighted by Crippen LogP contribution is -2.46. The summed E-state index contributed by atoms with van der Waals surface area (Å²) >= 11 is 4.43. The van der Waals surface area contributed by atoms with Crippen molar-refractivity contribution in [3.05, 3.63) is 34.6 Å². The lowest BCUT2D eigenvalue weighted by molar-refractivity contribution is 0.0443. The van der Waals surface area contributed by atoms with Crippen LogP contribution in [0.3, 0.4) is 0 Å². The summed E-state index contributed by atoms with van der Waals surface area (Å²) in [6.07, 6.45) is 13.7. The predicted octanol–water partition coefficient (Wildman–Crippen LogP) is 6.04. The number of hydrogen-bond acceptors (Lipinski definition) is 2. The van der Waals surface area contributed by atoms with E-state index in [2.05, 4.69) is 52.5 Å². The van der Waals surface area contributed by atoms with Crippen LogP contribution in [0.2, 0.25) is 0 Å². The van der Waals surface area contributed by atoms with Gasteiger partial charge in [-0.3, -0.25) is 0 Å². The minimum atomic E-state index is 0.182. The second kappa shape index (κ2) is 5.68. The highest BCUT2D eigenvalue weighted by atomic mass is 32.1. The predicted molar refractivity (Wildman–Crippen MR) is 111 cm³/mol. The smallest absolute Gasteiger partial charge is 0.0156 e. The van der Waals surface area contributed by atoms with Gasteiger partial charge in [-0.05, 0) is 78.9 Å². The van der Waals surface area contributed by atoms with Crippen molar-refractivity contribution in [3.8, 4) is 0 Å². The first-order valence-electron chi connectivity index (χ1n) is 10.2. The van der Waals surface area contributed by atoms with Gasteiger partial charge >= 0.3 is 0 Å². The second-order valence-electron chi connectivity index (χ2n) is 10.2. The summed E-state index contributed by atoms with van der Waals surface area (Å²) in [4.78, 5) is 0. The van der Waals surface area contributed by atoms with E-state index in [0.29, 0.717) is 16.7 Å². The molecule has 138 valence electrons. The molecule has 0 aromatic carbocycles. The quantitative estimate of drug-likeness (QED) is 0.457. The Morgan fingerprint density at radius 3 is 2.68 bits per heavy atom. The highest BCUT2D eigenvalue weighted by molar-refractivity contribution is 7.80. The average Bonchev–Trinajstić information content (AvgIpc) is 2.79. The van der Waals surface area contributed by atoms with E-state index < -0.39 is 0 Å². The SMILES string of the molecule is CC12CCC(CCS)=CC1=C(N)CC1C2=CCC2(C)C1CCC2(C)C. The molecule has 2 heteroatoms. The van der Waals surface area contributed by atoms with Crippen LogP contribution in [0.1, 0.15) is 72.6 Å². The molecule has 0 saturated heterocycles. The number of nitrogens with two attached hydrogens (primary N) is 1. The molecule has 4 aliphatic rings. The van der Waals surface area contributed by atoms with E-state index >= 15 is 0 Å². The van der Waals surface area contributed by atoms with Crippen molar-refractivity contribution >= 4 is 12.6 Å². The Morgan fingerprint density at radius 1 is 1.20 bits per heavy atom. The Balaban J connectivity index is 1.77. The summed E-state index contributed by atoms with van der Waals surface area (Å²) in [5, 5.41) is 0. The molecule has 0 aromatic heterocycles. The zero-order valence-electron chi connectivity index (χ0n) is 16.5. The van der Waals surface area contributed by atoms with E-state index in [9.17, 15) is 0 Å². The Kier molecular flexibility index (Phi) is 4.04. The standard InChI is InChI=1S/C23H35NS/c1-21(2)9-6-18-16-14-20(24)19-13-15(8-12-25)5-10-22(19,3)17(16)7-11-23(18,21)4/h7,13,16,18,25H,5-6,8-12,14,24H2,1-4H3. The van der Waals surface area contributed by atoms with Crippen LogP contribution in [0.15, 0.2) is 34.6 Å². The summed E-state index contributed by atoms with van der Waals surface area (Å²) in [6.45, 7) is 10.0. The topological polar surface area (TPSA) is 26.0 Å². The van der Waals surface area contributed by atoms with Crippen LogP contribution >= 0.6 is 12.6 Å². The van der Waals surface area contributed by atoms with Crippen molar-refractivity contribution in [1.29, 1.82) is 0 Å². The van der Waals surface area contributed by atoms with Gasteiger partial charge in [-0.1, -0.05) is 51.0 Å². The molecule has 4 atom stereocenters. The number of hydrogen-bond donors (Lipinski definition) is 2. The van der Waals surface area contributed by atoms with Gasteiger partial charge in [0.05, 0.1) is 0 Å². The molecule has 0 radical (unpaired) electrons. The Morgan fingerprint density at radius 2 is 1.96 bits per heavy atom. The van der Waals surface area contributed by atoms with Gasteiger partial charge in [-0.25, -0.2) is 0 Å². The maximum absolute atomic E-state index is 6.72. The molecule has 2 N–H and O–H groups in total. The molecule has 4 rings (SSSR count). The zero-order valence-corrected chi connectivity index (χ0v) is 17.4. The monoisotopic (exact) mass is 357 g/mol. The van der Waals surface area contributed by atoms with Gasteiger partial charge in [0.25, 0.3) is 0 Å². The van der Waals surface area contributed by atoms with E-state index in [0.717, 1.165) is 24.5 Å². The fourth-order valence-corrected chi connectivity index (χ4v) is 6.97. The molecular formula is C23H35NS. The third-order valence-corrected chi connectivity index (χ3v) is 9.04. The van der Waals surface area contributed by atoms with Gasteiger partial charge in [0.2, 0.25) is 0 Å². The summed E-state index contributed by atoms with van der Waals surface area (Å²) in [5.74, 6) is 2.42. The normalized spacial score (nSPS) is 42.3. The molecule has 1 fully saturated rings. The first kappa shape index (κ1) is 17.8. The van der Waals surface area contributed by atoms with Gasteiger partial charge in [-0.15, -0.1) is 0 Å². The number of thiol groups is 1. The van der Waals surface area contributed by atoms with Gasteiger partial charge < -0.3 is 5.73 Å². The molecule has 0 heterocycles. The number of allylic oxidation sites excluding steroid dienone is 6. The maximum Gasteiger partial charge on any atom is 0.0156 e. The van der Waals surface area contributed by atoms with Gasteiger partial charge in [-0.2, -0.15) is 12.6 Å². The van der Waals surface area contributed by atoms with Crippen molar-refractivity contribution in [1.82, 2.24) is 0 Å². The van der Waals surface area contributed by atoms with Gasteiger partial charge in [0, 0.05) is 11.1 Å². The van der Waals surface area contributed by atoms with E-state index in [4.69, 9.17) is 5.73 Å². The minimum Gasteiger partial charge on any atom is -0.402 e. The highest BCUT2D eigenvalue weighted by Gasteiger charge is 2.58. The molecule has 0 spiro atoms. The summed E-state index contributed by atoms with van der Waals surface area (Å²) in [7, 11) is 0. The van der Waals surface area contributed by atoms with Crippen LogP contribution in [-0.4, -0.2) is 5.75 Å². The van der Waals surface area contributed by atoms with Crippen molar-refractivity contribution in [3.63, 3.8) is 0 Å². The molecule has 4 unspecified atom stereocenters. The summed E-state index contributed by atoms with van der Waals surface area (Å²) in [5.41, 5.74) is 13.7. The van der Waals surface area contributed by atoms with Crippen LogP contribution < -0.4 is 5.73 Å². The van der Waals surface area contributed by atoms with Gasteiger partial charge in [0.15, 0.2) is 0 Å². The lowest BCUT2D eigenvalue weighted by Gasteiger charge is -2.54. The van der Waals surface area contributed by atoms with E-state index in [1.165, 1.54) is 43.4 Å². The molecule has 1 nitrogen and oxygen atoms in total. The van der Waals surface area contributed by atoms with Gasteiger partial charge in [0.1, 0.15) is 0 Å². The van der Waals surface area contributed by atoms with Crippen LogP contribution in [-0.2, 0) is 0 Å². The van der Waals surface area contributed by atoms with Crippen molar-refractivity contribution < 1.29 is 0 Å². The molecule has 0 amide bonds. The van der Waals surface area contributed by atoms with Crippen molar-refractivity contribution in [2.45, 2.75) is 72.6 Å². The summed E-state index contributed by atoms with van der Waals surface area (Å²) in [6, 6.07) is 0. The molecule has 4 aliphatic carbocycles. The number of rotatable bonds is 2. The molecule has 25 heavy (non-hydrogen) atoms. The molecule has 0 bridgehead atoms. The Labute approximate surface area is 159 Å². The maximum atomic E-state index is 6.72. The highest BCUT2D eigenvalue weighted by Crippen LogP contribution is 2.67. The van der Waals surface area contributed by atoms with E-state index in [1.54, 1.807) is 11.1 Å². The third kappa shape index (κ3) is 2.35. The van der Waals surface area contributed by atoms with Crippen LogP contribution in [0.5, 0.6) is 0 Å². The lowest BCUT2D eigenvalue weighted by atomic mass is 9.50. The van der Waals surface area contributed by atoms with E-state index in [-0.39, 0.29) is 5.41 Å².